The Morgan fingerprint density at radius 3 is 2.29 bits per heavy atom. The van der Waals surface area contributed by atoms with E-state index in [1.807, 2.05) is 35.2 Å². The number of alkyl halides is 3. The van der Waals surface area contributed by atoms with Gasteiger partial charge in [0.2, 0.25) is 5.91 Å². The zero-order valence-corrected chi connectivity index (χ0v) is 16.6. The lowest BCUT2D eigenvalue weighted by Crippen LogP contribution is -2.46. The predicted molar refractivity (Wildman–Crippen MR) is 111 cm³/mol. The van der Waals surface area contributed by atoms with Crippen LogP contribution in [0.2, 0.25) is 0 Å². The second-order valence-corrected chi connectivity index (χ2v) is 7.14. The van der Waals surface area contributed by atoms with E-state index in [2.05, 4.69) is 10.2 Å². The van der Waals surface area contributed by atoms with Crippen LogP contribution in [-0.2, 0) is 22.3 Å². The number of carbonyl (C=O) groups excluding carboxylic acids is 1. The number of carboxylic acid groups (broad SMARTS) is 1. The number of carboxylic acids is 1. The predicted octanol–water partition coefficient (Wildman–Crippen LogP) is 3.61. The first-order chi connectivity index (χ1) is 14.7. The van der Waals surface area contributed by atoms with E-state index in [9.17, 15) is 22.8 Å². The second-order valence-electron chi connectivity index (χ2n) is 7.14. The molecule has 1 fully saturated rings. The molecule has 31 heavy (non-hydrogen) atoms. The maximum atomic E-state index is 13.2. The first-order valence-electron chi connectivity index (χ1n) is 9.67. The molecule has 1 heterocycles. The number of piperazine rings is 1. The van der Waals surface area contributed by atoms with Crippen LogP contribution in [0, 0.1) is 0 Å². The van der Waals surface area contributed by atoms with Crippen molar-refractivity contribution in [2.24, 2.45) is 0 Å². The standard InChI is InChI=1S/C22H22F3N3O3/c23-22(24,25)17-6-7-19(18(14-17)26-20(29)8-9-21(30)31)28-12-10-27(11-13-28)15-16-4-2-1-3-5-16/h1-9,14H,10-13,15H2,(H,26,29)(H,30,31)/b9-8-. The van der Waals surface area contributed by atoms with Gasteiger partial charge < -0.3 is 15.3 Å². The van der Waals surface area contributed by atoms with Crippen molar-refractivity contribution in [3.8, 4) is 0 Å². The van der Waals surface area contributed by atoms with Crippen molar-refractivity contribution >= 4 is 23.3 Å². The van der Waals surface area contributed by atoms with Crippen LogP contribution in [0.5, 0.6) is 0 Å². The number of anilines is 2. The van der Waals surface area contributed by atoms with Crippen LogP contribution in [0.25, 0.3) is 0 Å². The number of nitrogens with zero attached hydrogens (tertiary/aromatic N) is 2. The number of nitrogens with one attached hydrogen (secondary N) is 1. The molecule has 0 spiro atoms. The molecule has 6 nitrogen and oxygen atoms in total. The van der Waals surface area contributed by atoms with Gasteiger partial charge in [-0.3, -0.25) is 9.69 Å². The van der Waals surface area contributed by atoms with Crippen molar-refractivity contribution in [2.45, 2.75) is 12.7 Å². The minimum atomic E-state index is -4.57. The zero-order chi connectivity index (χ0) is 22.4. The third kappa shape index (κ3) is 6.32. The van der Waals surface area contributed by atoms with Crippen LogP contribution < -0.4 is 10.2 Å². The molecule has 1 amide bonds. The molecule has 1 saturated heterocycles. The Morgan fingerprint density at radius 1 is 1.00 bits per heavy atom. The third-order valence-corrected chi connectivity index (χ3v) is 4.92. The van der Waals surface area contributed by atoms with Gasteiger partial charge in [-0.2, -0.15) is 13.2 Å². The summed E-state index contributed by atoms with van der Waals surface area (Å²) in [6, 6.07) is 13.2. The van der Waals surface area contributed by atoms with E-state index < -0.39 is 23.6 Å². The highest BCUT2D eigenvalue weighted by Gasteiger charge is 2.32. The smallest absolute Gasteiger partial charge is 0.416 e. The fourth-order valence-corrected chi connectivity index (χ4v) is 3.40. The molecule has 0 aromatic heterocycles. The summed E-state index contributed by atoms with van der Waals surface area (Å²) in [5, 5.41) is 11.0. The monoisotopic (exact) mass is 433 g/mol. The number of hydrogen-bond donors (Lipinski definition) is 2. The summed E-state index contributed by atoms with van der Waals surface area (Å²) in [5.41, 5.74) is 0.746. The molecule has 0 saturated carbocycles. The molecular formula is C22H22F3N3O3. The molecular weight excluding hydrogens is 411 g/mol. The summed E-state index contributed by atoms with van der Waals surface area (Å²) < 4.78 is 39.5. The van der Waals surface area contributed by atoms with Gasteiger partial charge in [-0.1, -0.05) is 30.3 Å². The Hall–Kier alpha value is -3.33. The normalized spacial score (nSPS) is 15.3. The largest absolute Gasteiger partial charge is 0.478 e. The van der Waals surface area contributed by atoms with Crippen LogP contribution in [0.4, 0.5) is 24.5 Å². The van der Waals surface area contributed by atoms with Crippen LogP contribution in [-0.4, -0.2) is 48.1 Å². The van der Waals surface area contributed by atoms with Gasteiger partial charge in [-0.15, -0.1) is 0 Å². The summed E-state index contributed by atoms with van der Waals surface area (Å²) in [5.74, 6) is -2.14. The number of amides is 1. The lowest BCUT2D eigenvalue weighted by molar-refractivity contribution is -0.137. The topological polar surface area (TPSA) is 72.9 Å². The van der Waals surface area contributed by atoms with E-state index in [0.717, 1.165) is 24.8 Å². The first kappa shape index (κ1) is 22.4. The van der Waals surface area contributed by atoms with Crippen LogP contribution in [0.3, 0.4) is 0 Å². The molecule has 0 aliphatic carbocycles. The number of benzene rings is 2. The lowest BCUT2D eigenvalue weighted by Gasteiger charge is -2.37. The Morgan fingerprint density at radius 2 is 1.68 bits per heavy atom. The average molecular weight is 433 g/mol. The molecule has 0 radical (unpaired) electrons. The van der Waals surface area contributed by atoms with Crippen molar-refractivity contribution in [2.75, 3.05) is 36.4 Å². The van der Waals surface area contributed by atoms with Crippen molar-refractivity contribution in [1.82, 2.24) is 4.90 Å². The van der Waals surface area contributed by atoms with Crippen LogP contribution in [0.15, 0.2) is 60.7 Å². The number of hydrogen-bond acceptors (Lipinski definition) is 4. The van der Waals surface area contributed by atoms with Gasteiger partial charge in [0, 0.05) is 44.9 Å². The van der Waals surface area contributed by atoms with Crippen LogP contribution in [0.1, 0.15) is 11.1 Å². The summed E-state index contributed by atoms with van der Waals surface area (Å²) in [4.78, 5) is 26.8. The van der Waals surface area contributed by atoms with E-state index in [1.165, 1.54) is 11.6 Å². The number of aliphatic carboxylic acids is 1. The highest BCUT2D eigenvalue weighted by molar-refractivity contribution is 6.04. The highest BCUT2D eigenvalue weighted by atomic mass is 19.4. The number of halogens is 3. The molecule has 164 valence electrons. The van der Waals surface area contributed by atoms with E-state index in [1.54, 1.807) is 0 Å². The molecule has 1 aliphatic rings. The fraction of sp³-hybridized carbons (Fsp3) is 0.273. The maximum Gasteiger partial charge on any atom is 0.416 e. The van der Waals surface area contributed by atoms with Gasteiger partial charge in [0.1, 0.15) is 0 Å². The second kappa shape index (κ2) is 9.65. The Bertz CT molecular complexity index is 953. The molecule has 2 aromatic rings. The average Bonchev–Trinajstić information content (AvgIpc) is 2.73. The van der Waals surface area contributed by atoms with Gasteiger partial charge in [0.15, 0.2) is 0 Å². The summed E-state index contributed by atoms with van der Waals surface area (Å²) in [7, 11) is 0. The molecule has 1 aliphatic heterocycles. The SMILES string of the molecule is O=C(O)/C=C\C(=O)Nc1cc(C(F)(F)F)ccc1N1CCN(Cc2ccccc2)CC1. The van der Waals surface area contributed by atoms with E-state index >= 15 is 0 Å². The Kier molecular flexibility index (Phi) is 6.96. The molecule has 3 rings (SSSR count). The fourth-order valence-electron chi connectivity index (χ4n) is 3.40. The van der Waals surface area contributed by atoms with Crippen molar-refractivity contribution < 1.29 is 27.9 Å². The molecule has 2 aromatic carbocycles. The zero-order valence-electron chi connectivity index (χ0n) is 16.6. The van der Waals surface area contributed by atoms with Gasteiger partial charge in [0.05, 0.1) is 16.9 Å². The third-order valence-electron chi connectivity index (χ3n) is 4.92. The summed E-state index contributed by atoms with van der Waals surface area (Å²) >= 11 is 0. The molecule has 0 atom stereocenters. The first-order valence-corrected chi connectivity index (χ1v) is 9.67. The summed E-state index contributed by atoms with van der Waals surface area (Å²) in [6.45, 7) is 3.35. The number of rotatable bonds is 6. The minimum absolute atomic E-state index is 0.00799. The Labute approximate surface area is 177 Å². The number of carbonyl (C=O) groups is 2. The molecule has 2 N–H and O–H groups in total. The van der Waals surface area contributed by atoms with Gasteiger partial charge in [0.25, 0.3) is 0 Å². The van der Waals surface area contributed by atoms with E-state index in [0.29, 0.717) is 37.9 Å². The van der Waals surface area contributed by atoms with Crippen molar-refractivity contribution in [3.05, 3.63) is 71.8 Å². The van der Waals surface area contributed by atoms with Gasteiger partial charge in [-0.05, 0) is 23.8 Å². The van der Waals surface area contributed by atoms with Crippen LogP contribution >= 0.6 is 0 Å². The maximum absolute atomic E-state index is 13.2. The minimum Gasteiger partial charge on any atom is -0.478 e. The van der Waals surface area contributed by atoms with Crippen molar-refractivity contribution in [1.29, 1.82) is 0 Å². The Balaban J connectivity index is 1.75. The molecule has 0 bridgehead atoms. The van der Waals surface area contributed by atoms with Gasteiger partial charge >= 0.3 is 12.1 Å². The van der Waals surface area contributed by atoms with Gasteiger partial charge in [-0.25, -0.2) is 4.79 Å². The molecule has 0 unspecified atom stereocenters. The molecule has 9 heteroatoms. The quantitative estimate of drug-likeness (QED) is 0.681. The van der Waals surface area contributed by atoms with E-state index in [4.69, 9.17) is 5.11 Å². The highest BCUT2D eigenvalue weighted by Crippen LogP contribution is 2.36. The van der Waals surface area contributed by atoms with Crippen molar-refractivity contribution in [3.63, 3.8) is 0 Å². The van der Waals surface area contributed by atoms with E-state index in [-0.39, 0.29) is 5.69 Å². The lowest BCUT2D eigenvalue weighted by atomic mass is 10.1. The summed E-state index contributed by atoms with van der Waals surface area (Å²) in [6.07, 6.45) is -3.17.